The maximum Gasteiger partial charge on any atom is 0.310 e. The van der Waals surface area contributed by atoms with Crippen molar-refractivity contribution in [3.05, 3.63) is 36.2 Å². The van der Waals surface area contributed by atoms with Crippen LogP contribution < -0.4 is 0 Å². The summed E-state index contributed by atoms with van der Waals surface area (Å²) in [4.78, 5) is -1.89. The first-order valence-electron chi connectivity index (χ1n) is 5.21. The Morgan fingerprint density at radius 2 is 1.74 bits per heavy atom. The minimum atomic E-state index is -9.64. The zero-order valence-corrected chi connectivity index (χ0v) is 10.9. The van der Waals surface area contributed by atoms with E-state index in [-0.39, 0.29) is 5.56 Å². The third kappa shape index (κ3) is 2.73. The van der Waals surface area contributed by atoms with E-state index in [9.17, 15) is 19.4 Å². The van der Waals surface area contributed by atoms with Gasteiger partial charge in [0.15, 0.2) is 0 Å². The zero-order valence-electron chi connectivity index (χ0n) is 10.1. The van der Waals surface area contributed by atoms with E-state index in [1.54, 1.807) is 14.0 Å². The maximum absolute atomic E-state index is 12.7. The highest BCUT2D eigenvalue weighted by Gasteiger charge is 2.65. The van der Waals surface area contributed by atoms with Gasteiger partial charge in [0.25, 0.3) is 0 Å². The molecule has 0 radical (unpaired) electrons. The van der Waals surface area contributed by atoms with Crippen LogP contribution >= 0.6 is 10.2 Å². The molecule has 0 bridgehead atoms. The molecule has 0 aliphatic rings. The van der Waals surface area contributed by atoms with Crippen LogP contribution in [-0.2, 0) is 7.05 Å². The molecule has 1 aromatic heterocycles. The van der Waals surface area contributed by atoms with E-state index >= 15 is 0 Å². The molecule has 2 aromatic rings. The van der Waals surface area contributed by atoms with Gasteiger partial charge >= 0.3 is 10.2 Å². The van der Waals surface area contributed by atoms with E-state index < -0.39 is 15.1 Å². The normalized spacial score (nSPS) is 15.9. The first-order chi connectivity index (χ1) is 8.38. The van der Waals surface area contributed by atoms with E-state index in [0.717, 1.165) is 6.07 Å². The van der Waals surface area contributed by atoms with Crippen LogP contribution in [-0.4, -0.2) is 9.78 Å². The fraction of sp³-hybridized carbons (Fsp3) is 0.182. The van der Waals surface area contributed by atoms with E-state index in [1.165, 1.54) is 16.9 Å². The van der Waals surface area contributed by atoms with E-state index in [2.05, 4.69) is 5.10 Å². The Labute approximate surface area is 106 Å². The molecule has 1 aromatic carbocycles. The van der Waals surface area contributed by atoms with Gasteiger partial charge < -0.3 is 0 Å². The van der Waals surface area contributed by atoms with Crippen molar-refractivity contribution in [3.63, 3.8) is 0 Å². The van der Waals surface area contributed by atoms with Crippen LogP contribution in [0.5, 0.6) is 0 Å². The average Bonchev–Trinajstić information content (AvgIpc) is 2.57. The smallest absolute Gasteiger partial charge is 0.272 e. The van der Waals surface area contributed by atoms with Crippen molar-refractivity contribution < 1.29 is 19.4 Å². The predicted molar refractivity (Wildman–Crippen MR) is 64.8 cm³/mol. The number of hydrogen-bond donors (Lipinski definition) is 0. The maximum atomic E-state index is 12.7. The summed E-state index contributed by atoms with van der Waals surface area (Å²) in [5.74, 6) is 0. The molecule has 0 saturated heterocycles. The summed E-state index contributed by atoms with van der Waals surface area (Å²) in [6.07, 6.45) is 1.35. The van der Waals surface area contributed by atoms with Gasteiger partial charge in [0, 0.05) is 18.3 Å². The Hall–Kier alpha value is -1.57. The summed E-state index contributed by atoms with van der Waals surface area (Å²) >= 11 is 0. The lowest BCUT2D eigenvalue weighted by atomic mass is 10.1. The molecule has 0 unspecified atom stereocenters. The monoisotopic (exact) mass is 298 g/mol. The van der Waals surface area contributed by atoms with E-state index in [4.69, 9.17) is 0 Å². The Bertz CT molecular complexity index is 645. The highest BCUT2D eigenvalue weighted by Crippen LogP contribution is 3.02. The average molecular weight is 298 g/mol. The molecule has 1 heterocycles. The number of hydrogen-bond acceptors (Lipinski definition) is 1. The highest BCUT2D eigenvalue weighted by atomic mass is 32.5. The SMILES string of the molecule is Cc1c(-c2cccc(S(F)(F)(F)(F)F)c2)cnn1C. The number of rotatable bonds is 2. The van der Waals surface area contributed by atoms with Crippen molar-refractivity contribution in [3.8, 4) is 11.1 Å². The number of aryl methyl sites for hydroxylation is 1. The van der Waals surface area contributed by atoms with Gasteiger partial charge in [-0.3, -0.25) is 4.68 Å². The molecule has 106 valence electrons. The highest BCUT2D eigenvalue weighted by molar-refractivity contribution is 8.45. The van der Waals surface area contributed by atoms with Gasteiger partial charge in [0.1, 0.15) is 4.90 Å². The van der Waals surface area contributed by atoms with Gasteiger partial charge in [0.05, 0.1) is 6.20 Å². The van der Waals surface area contributed by atoms with Crippen LogP contribution in [0.3, 0.4) is 0 Å². The van der Waals surface area contributed by atoms with Crippen molar-refractivity contribution in [2.45, 2.75) is 11.8 Å². The quantitative estimate of drug-likeness (QED) is 0.709. The Kier molecular flexibility index (Phi) is 2.41. The van der Waals surface area contributed by atoms with E-state index in [0.29, 0.717) is 23.4 Å². The Morgan fingerprint density at radius 1 is 1.11 bits per heavy atom. The molecule has 0 spiro atoms. The molecular weight excluding hydrogens is 287 g/mol. The minimum Gasteiger partial charge on any atom is -0.272 e. The van der Waals surface area contributed by atoms with Crippen LogP contribution in [0.4, 0.5) is 19.4 Å². The number of benzene rings is 1. The first kappa shape index (κ1) is 13.9. The molecule has 0 aliphatic heterocycles. The van der Waals surface area contributed by atoms with Crippen molar-refractivity contribution in [1.29, 1.82) is 0 Å². The molecule has 2 nitrogen and oxygen atoms in total. The molecule has 0 atom stereocenters. The van der Waals surface area contributed by atoms with Gasteiger partial charge in [-0.25, -0.2) is 0 Å². The van der Waals surface area contributed by atoms with Crippen molar-refractivity contribution in [1.82, 2.24) is 9.78 Å². The molecule has 0 amide bonds. The summed E-state index contributed by atoms with van der Waals surface area (Å²) in [7, 11) is -8.02. The van der Waals surface area contributed by atoms with Gasteiger partial charge in [-0.05, 0) is 24.6 Å². The zero-order chi connectivity index (χ0) is 14.5. The third-order valence-electron chi connectivity index (χ3n) is 2.83. The third-order valence-corrected chi connectivity index (χ3v) is 3.97. The van der Waals surface area contributed by atoms with Crippen LogP contribution in [0.1, 0.15) is 5.69 Å². The lowest BCUT2D eigenvalue weighted by molar-refractivity contribution is 0.364. The van der Waals surface area contributed by atoms with E-state index in [1.807, 2.05) is 0 Å². The lowest BCUT2D eigenvalue weighted by Crippen LogP contribution is -2.05. The lowest BCUT2D eigenvalue weighted by Gasteiger charge is -2.40. The fourth-order valence-corrected chi connectivity index (χ4v) is 2.37. The van der Waals surface area contributed by atoms with Gasteiger partial charge in [-0.1, -0.05) is 31.6 Å². The molecule has 8 heteroatoms. The number of halogens is 5. The van der Waals surface area contributed by atoms with Crippen molar-refractivity contribution in [2.75, 3.05) is 0 Å². The van der Waals surface area contributed by atoms with Crippen LogP contribution in [0.15, 0.2) is 35.4 Å². The molecule has 19 heavy (non-hydrogen) atoms. The second-order valence-corrected chi connectivity index (χ2v) is 6.67. The summed E-state index contributed by atoms with van der Waals surface area (Å²) in [5, 5.41) is 3.88. The van der Waals surface area contributed by atoms with Crippen LogP contribution in [0, 0.1) is 6.92 Å². The van der Waals surface area contributed by atoms with Crippen LogP contribution in [0.2, 0.25) is 0 Å². The van der Waals surface area contributed by atoms with Crippen molar-refractivity contribution in [2.24, 2.45) is 7.05 Å². The molecule has 0 saturated carbocycles. The first-order valence-corrected chi connectivity index (χ1v) is 7.17. The molecule has 0 aliphatic carbocycles. The second kappa shape index (κ2) is 3.30. The predicted octanol–water partition coefficient (Wildman–Crippen LogP) is 5.05. The molecule has 0 N–H and O–H groups in total. The largest absolute Gasteiger partial charge is 0.310 e. The van der Waals surface area contributed by atoms with Gasteiger partial charge in [0.2, 0.25) is 0 Å². The Morgan fingerprint density at radius 3 is 2.21 bits per heavy atom. The minimum absolute atomic E-state index is 0.0661. The van der Waals surface area contributed by atoms with Gasteiger partial charge in [-0.15, -0.1) is 0 Å². The molecule has 0 fully saturated rings. The van der Waals surface area contributed by atoms with Crippen LogP contribution in [0.25, 0.3) is 11.1 Å². The summed E-state index contributed by atoms with van der Waals surface area (Å²) in [6, 6.07) is 3.16. The fourth-order valence-electron chi connectivity index (χ4n) is 1.69. The number of aromatic nitrogens is 2. The second-order valence-electron chi connectivity index (χ2n) is 4.26. The topological polar surface area (TPSA) is 17.8 Å². The summed E-state index contributed by atoms with van der Waals surface area (Å²) < 4.78 is 65.1. The Balaban J connectivity index is 2.63. The number of nitrogens with zero attached hydrogens (tertiary/aromatic N) is 2. The summed E-state index contributed by atoms with van der Waals surface area (Å²) in [6.45, 7) is 1.65. The summed E-state index contributed by atoms with van der Waals surface area (Å²) in [5.41, 5.74) is 1.06. The standard InChI is InChI=1S/C11H11F5N2S/c1-8-11(7-17-18(8)2)9-4-3-5-10(6-9)19(12,13,14,15)16/h3-7H,1-2H3. The van der Waals surface area contributed by atoms with Gasteiger partial charge in [-0.2, -0.15) is 5.10 Å². The molecule has 2 rings (SSSR count). The molecular formula is C11H11F5N2S. The van der Waals surface area contributed by atoms with Crippen molar-refractivity contribution >= 4 is 10.2 Å².